The van der Waals surface area contributed by atoms with Crippen molar-refractivity contribution in [2.45, 2.75) is 20.3 Å². The number of aromatic nitrogens is 1. The smallest absolute Gasteiger partial charge is 0.254 e. The number of hydrogen-bond donors (Lipinski definition) is 0. The molecule has 1 aromatic heterocycles. The van der Waals surface area contributed by atoms with Crippen molar-refractivity contribution in [3.05, 3.63) is 51.2 Å². The predicted molar refractivity (Wildman–Crippen MR) is 94.2 cm³/mol. The van der Waals surface area contributed by atoms with Crippen LogP contribution in [0.15, 0.2) is 24.3 Å². The van der Waals surface area contributed by atoms with Gasteiger partial charge >= 0.3 is 0 Å². The summed E-state index contributed by atoms with van der Waals surface area (Å²) < 4.78 is 13.3. The Kier molecular flexibility index (Phi) is 5.13. The molecular formula is C18H20FN3O2S. The zero-order valence-corrected chi connectivity index (χ0v) is 15.1. The maximum absolute atomic E-state index is 13.3. The molecule has 132 valence electrons. The Hall–Kier alpha value is -2.28. The number of rotatable bonds is 3. The van der Waals surface area contributed by atoms with Crippen LogP contribution in [0.5, 0.6) is 0 Å². The van der Waals surface area contributed by atoms with Gasteiger partial charge in [-0.15, -0.1) is 11.3 Å². The summed E-state index contributed by atoms with van der Waals surface area (Å²) in [6.07, 6.45) is 0.356. The summed E-state index contributed by atoms with van der Waals surface area (Å²) in [5.74, 6) is -0.556. The first-order valence-corrected chi connectivity index (χ1v) is 9.01. The summed E-state index contributed by atoms with van der Waals surface area (Å²) in [6, 6.07) is 5.70. The van der Waals surface area contributed by atoms with Crippen LogP contribution in [0.4, 0.5) is 4.39 Å². The average molecular weight is 361 g/mol. The van der Waals surface area contributed by atoms with Crippen molar-refractivity contribution >= 4 is 23.2 Å². The Morgan fingerprint density at radius 1 is 1.16 bits per heavy atom. The monoisotopic (exact) mass is 361 g/mol. The largest absolute Gasteiger partial charge is 0.339 e. The molecule has 5 nitrogen and oxygen atoms in total. The van der Waals surface area contributed by atoms with Crippen LogP contribution in [0.25, 0.3) is 0 Å². The molecule has 3 rings (SSSR count). The van der Waals surface area contributed by atoms with E-state index in [1.54, 1.807) is 27.2 Å². The van der Waals surface area contributed by atoms with Gasteiger partial charge in [0, 0.05) is 36.6 Å². The summed E-state index contributed by atoms with van der Waals surface area (Å²) in [4.78, 5) is 33.7. The highest BCUT2D eigenvalue weighted by atomic mass is 32.1. The topological polar surface area (TPSA) is 53.5 Å². The van der Waals surface area contributed by atoms with E-state index < -0.39 is 5.82 Å². The van der Waals surface area contributed by atoms with Crippen molar-refractivity contribution in [3.63, 3.8) is 0 Å². The minimum atomic E-state index is -0.421. The zero-order valence-electron chi connectivity index (χ0n) is 14.3. The van der Waals surface area contributed by atoms with E-state index in [0.29, 0.717) is 38.2 Å². The Morgan fingerprint density at radius 3 is 2.44 bits per heavy atom. The van der Waals surface area contributed by atoms with Gasteiger partial charge in [-0.05, 0) is 32.0 Å². The molecule has 2 heterocycles. The third-order valence-corrected chi connectivity index (χ3v) is 5.38. The van der Waals surface area contributed by atoms with Gasteiger partial charge in [0.25, 0.3) is 5.91 Å². The van der Waals surface area contributed by atoms with Gasteiger partial charge in [-0.2, -0.15) is 0 Å². The second-order valence-corrected chi connectivity index (χ2v) is 7.39. The van der Waals surface area contributed by atoms with Crippen LogP contribution < -0.4 is 0 Å². The van der Waals surface area contributed by atoms with Crippen molar-refractivity contribution in [1.29, 1.82) is 0 Å². The van der Waals surface area contributed by atoms with Gasteiger partial charge in [0.05, 0.1) is 17.1 Å². The van der Waals surface area contributed by atoms with Crippen molar-refractivity contribution < 1.29 is 14.0 Å². The van der Waals surface area contributed by atoms with Crippen molar-refractivity contribution in [2.24, 2.45) is 0 Å². The van der Waals surface area contributed by atoms with Crippen LogP contribution in [0, 0.1) is 19.7 Å². The minimum absolute atomic E-state index is 0.0598. The fourth-order valence-corrected chi connectivity index (χ4v) is 3.88. The normalized spacial score (nSPS) is 14.7. The number of nitrogens with zero attached hydrogens (tertiary/aromatic N) is 3. The lowest BCUT2D eigenvalue weighted by molar-refractivity contribution is -0.131. The third kappa shape index (κ3) is 4.04. The lowest BCUT2D eigenvalue weighted by Crippen LogP contribution is -2.51. The molecule has 1 aliphatic rings. The molecule has 0 atom stereocenters. The summed E-state index contributed by atoms with van der Waals surface area (Å²) in [5.41, 5.74) is 1.26. The number of thiazole rings is 1. The number of carbonyl (C=O) groups is 2. The van der Waals surface area contributed by atoms with Crippen molar-refractivity contribution in [1.82, 2.24) is 14.8 Å². The molecule has 1 saturated heterocycles. The van der Waals surface area contributed by atoms with Gasteiger partial charge in [-0.1, -0.05) is 6.07 Å². The summed E-state index contributed by atoms with van der Waals surface area (Å²) in [5, 5.41) is 0.964. The summed E-state index contributed by atoms with van der Waals surface area (Å²) in [7, 11) is 0. The van der Waals surface area contributed by atoms with Gasteiger partial charge in [0.2, 0.25) is 5.91 Å². The van der Waals surface area contributed by atoms with Crippen LogP contribution in [0.3, 0.4) is 0 Å². The van der Waals surface area contributed by atoms with Gasteiger partial charge in [-0.25, -0.2) is 9.37 Å². The number of amides is 2. The first kappa shape index (κ1) is 17.5. The molecule has 2 amide bonds. The minimum Gasteiger partial charge on any atom is -0.339 e. The van der Waals surface area contributed by atoms with E-state index in [4.69, 9.17) is 0 Å². The van der Waals surface area contributed by atoms with E-state index in [1.165, 1.54) is 18.2 Å². The zero-order chi connectivity index (χ0) is 18.0. The Labute approximate surface area is 150 Å². The fourth-order valence-electron chi connectivity index (χ4n) is 2.95. The summed E-state index contributed by atoms with van der Waals surface area (Å²) >= 11 is 1.55. The SMILES string of the molecule is Cc1nc(C)c(CC(=O)N2CCN(C(=O)c3cccc(F)c3)CC2)s1. The van der Waals surface area contributed by atoms with Crippen LogP contribution in [-0.2, 0) is 11.2 Å². The highest BCUT2D eigenvalue weighted by molar-refractivity contribution is 7.11. The lowest BCUT2D eigenvalue weighted by Gasteiger charge is -2.34. The molecule has 1 fully saturated rings. The molecule has 1 aromatic carbocycles. The quantitative estimate of drug-likeness (QED) is 0.844. The molecule has 0 unspecified atom stereocenters. The first-order valence-electron chi connectivity index (χ1n) is 8.19. The van der Waals surface area contributed by atoms with Gasteiger partial charge in [-0.3, -0.25) is 9.59 Å². The van der Waals surface area contributed by atoms with E-state index in [1.807, 2.05) is 13.8 Å². The van der Waals surface area contributed by atoms with Gasteiger partial charge in [0.1, 0.15) is 5.82 Å². The number of benzene rings is 1. The molecule has 1 aliphatic heterocycles. The van der Waals surface area contributed by atoms with E-state index in [9.17, 15) is 14.0 Å². The van der Waals surface area contributed by atoms with Crippen LogP contribution >= 0.6 is 11.3 Å². The molecule has 7 heteroatoms. The molecule has 0 aliphatic carbocycles. The molecule has 0 saturated carbocycles. The van der Waals surface area contributed by atoms with Crippen LogP contribution in [0.2, 0.25) is 0 Å². The highest BCUT2D eigenvalue weighted by Crippen LogP contribution is 2.19. The molecule has 0 spiro atoms. The lowest BCUT2D eigenvalue weighted by atomic mass is 10.1. The Balaban J connectivity index is 1.57. The highest BCUT2D eigenvalue weighted by Gasteiger charge is 2.25. The average Bonchev–Trinajstić information content (AvgIpc) is 2.91. The molecule has 0 bridgehead atoms. The Bertz CT molecular complexity index is 797. The van der Waals surface area contributed by atoms with E-state index in [-0.39, 0.29) is 11.8 Å². The number of aryl methyl sites for hydroxylation is 2. The summed E-state index contributed by atoms with van der Waals surface area (Å²) in [6.45, 7) is 5.77. The number of halogens is 1. The van der Waals surface area contributed by atoms with Crippen molar-refractivity contribution in [3.8, 4) is 0 Å². The standard InChI is InChI=1S/C18H20FN3O2S/c1-12-16(25-13(2)20-12)11-17(23)21-6-8-22(9-7-21)18(24)14-4-3-5-15(19)10-14/h3-5,10H,6-9,11H2,1-2H3. The fraction of sp³-hybridized carbons (Fsp3) is 0.389. The molecule has 0 radical (unpaired) electrons. The second-order valence-electron chi connectivity index (χ2n) is 6.10. The molecule has 2 aromatic rings. The first-order chi connectivity index (χ1) is 11.9. The third-order valence-electron chi connectivity index (χ3n) is 4.30. The number of hydrogen-bond acceptors (Lipinski definition) is 4. The predicted octanol–water partition coefficient (Wildman–Crippen LogP) is 2.43. The van der Waals surface area contributed by atoms with E-state index in [2.05, 4.69) is 4.98 Å². The number of carbonyl (C=O) groups excluding carboxylic acids is 2. The van der Waals surface area contributed by atoms with Crippen LogP contribution in [-0.4, -0.2) is 52.8 Å². The molecule has 25 heavy (non-hydrogen) atoms. The maximum Gasteiger partial charge on any atom is 0.254 e. The second kappa shape index (κ2) is 7.31. The van der Waals surface area contributed by atoms with Crippen molar-refractivity contribution in [2.75, 3.05) is 26.2 Å². The van der Waals surface area contributed by atoms with E-state index in [0.717, 1.165) is 15.6 Å². The molecule has 0 N–H and O–H groups in total. The number of piperazine rings is 1. The van der Waals surface area contributed by atoms with Crippen LogP contribution in [0.1, 0.15) is 25.9 Å². The Morgan fingerprint density at radius 2 is 1.84 bits per heavy atom. The van der Waals surface area contributed by atoms with Gasteiger partial charge < -0.3 is 9.80 Å². The van der Waals surface area contributed by atoms with E-state index >= 15 is 0 Å². The maximum atomic E-state index is 13.3. The van der Waals surface area contributed by atoms with Gasteiger partial charge in [0.15, 0.2) is 0 Å². The molecular weight excluding hydrogens is 341 g/mol.